The molecular weight excluding hydrogens is 140 g/mol. The molecule has 0 aromatic heterocycles. The number of hydrogen-bond acceptors (Lipinski definition) is 3. The molecule has 0 saturated heterocycles. The Morgan fingerprint density at radius 1 is 1.78 bits per heavy atom. The highest BCUT2D eigenvalue weighted by atomic mass is 28.3. The molecule has 0 radical (unpaired) electrons. The van der Waals surface area contributed by atoms with Gasteiger partial charge in [-0.15, -0.1) is 0 Å². The maximum absolute atomic E-state index is 9.86. The molecule has 0 aliphatic rings. The summed E-state index contributed by atoms with van der Waals surface area (Å²) in [7, 11) is 0.664. The van der Waals surface area contributed by atoms with E-state index in [2.05, 4.69) is 4.43 Å². The zero-order valence-corrected chi connectivity index (χ0v) is 6.71. The molecule has 0 aliphatic carbocycles. The molecule has 0 atom stereocenters. The van der Waals surface area contributed by atoms with Crippen molar-refractivity contribution in [2.75, 3.05) is 13.7 Å². The average Bonchev–Trinajstić information content (AvgIpc) is 1.80. The second kappa shape index (κ2) is 5.74. The summed E-state index contributed by atoms with van der Waals surface area (Å²) in [6.45, 7) is 0.273. The Bertz CT molecular complexity index is 84.6. The third kappa shape index (κ3) is 7.61. The molecule has 0 aliphatic heterocycles. The van der Waals surface area contributed by atoms with Gasteiger partial charge in [-0.3, -0.25) is 4.79 Å². The Balaban J connectivity index is 2.83. The van der Waals surface area contributed by atoms with E-state index in [-0.39, 0.29) is 13.0 Å². The molecule has 0 heterocycles. The lowest BCUT2D eigenvalue weighted by Crippen LogP contribution is -2.06. The second-order valence-electron chi connectivity index (χ2n) is 1.46. The number of carboxylic acids is 1. The molecule has 1 N–H and O–H groups in total. The minimum absolute atomic E-state index is 0.0658. The van der Waals surface area contributed by atoms with Crippen LogP contribution >= 0.6 is 0 Å². The van der Waals surface area contributed by atoms with E-state index in [1.807, 2.05) is 0 Å². The lowest BCUT2D eigenvalue weighted by molar-refractivity contribution is -0.137. The van der Waals surface area contributed by atoms with E-state index in [4.69, 9.17) is 9.53 Å². The van der Waals surface area contributed by atoms with Crippen molar-refractivity contribution < 1.29 is 18.8 Å². The number of rotatable bonds is 5. The molecule has 4 nitrogen and oxygen atoms in total. The zero-order chi connectivity index (χ0) is 7.11. The van der Waals surface area contributed by atoms with E-state index in [9.17, 15) is 4.79 Å². The first-order valence-corrected chi connectivity index (χ1v) is 3.71. The lowest BCUT2D eigenvalue weighted by atomic mass is 10.5. The summed E-state index contributed by atoms with van der Waals surface area (Å²) in [5.74, 6) is -0.833. The third-order valence-electron chi connectivity index (χ3n) is 0.661. The maximum atomic E-state index is 9.86. The van der Waals surface area contributed by atoms with Crippen molar-refractivity contribution >= 4 is 16.0 Å². The fraction of sp³-hybridized carbons (Fsp3) is 0.750. The van der Waals surface area contributed by atoms with Gasteiger partial charge in [-0.2, -0.15) is 0 Å². The van der Waals surface area contributed by atoms with Gasteiger partial charge in [-0.1, -0.05) is 0 Å². The van der Waals surface area contributed by atoms with Gasteiger partial charge in [0.25, 0.3) is 0 Å². The monoisotopic (exact) mass is 150 g/mol. The Kier molecular flexibility index (Phi) is 5.49. The number of aliphatic carboxylic acids is 1. The molecule has 0 unspecified atom stereocenters. The molecular formula is C4H10O4Si. The zero-order valence-electron chi connectivity index (χ0n) is 5.29. The van der Waals surface area contributed by atoms with Crippen LogP contribution in [-0.4, -0.2) is 34.8 Å². The first kappa shape index (κ1) is 8.61. The highest BCUT2D eigenvalue weighted by Crippen LogP contribution is 1.79. The van der Waals surface area contributed by atoms with Gasteiger partial charge < -0.3 is 14.0 Å². The summed E-state index contributed by atoms with van der Waals surface area (Å²) in [6, 6.07) is 0. The lowest BCUT2D eigenvalue weighted by Gasteiger charge is -1.97. The number of hydrogen-bond donors (Lipinski definition) is 1. The van der Waals surface area contributed by atoms with Gasteiger partial charge in [0.2, 0.25) is 0 Å². The van der Waals surface area contributed by atoms with E-state index in [0.717, 1.165) is 0 Å². The van der Waals surface area contributed by atoms with Gasteiger partial charge in [0, 0.05) is 13.7 Å². The summed E-state index contributed by atoms with van der Waals surface area (Å²) in [6.07, 6.45) is 0.0658. The van der Waals surface area contributed by atoms with E-state index in [0.29, 0.717) is 0 Å². The van der Waals surface area contributed by atoms with Crippen molar-refractivity contribution in [2.24, 2.45) is 0 Å². The van der Waals surface area contributed by atoms with Crippen LogP contribution in [0.4, 0.5) is 0 Å². The van der Waals surface area contributed by atoms with E-state index in [1.165, 1.54) is 0 Å². The third-order valence-corrected chi connectivity index (χ3v) is 1.35. The first-order chi connectivity index (χ1) is 4.27. The Labute approximate surface area is 55.8 Å². The summed E-state index contributed by atoms with van der Waals surface area (Å²) >= 11 is 0. The van der Waals surface area contributed by atoms with Gasteiger partial charge in [0.1, 0.15) is 0 Å². The van der Waals surface area contributed by atoms with Crippen LogP contribution in [0.1, 0.15) is 6.42 Å². The van der Waals surface area contributed by atoms with Crippen molar-refractivity contribution in [3.8, 4) is 0 Å². The van der Waals surface area contributed by atoms with Crippen molar-refractivity contribution in [3.63, 3.8) is 0 Å². The smallest absolute Gasteiger partial charge is 0.305 e. The minimum Gasteiger partial charge on any atom is -0.481 e. The van der Waals surface area contributed by atoms with Crippen LogP contribution in [0.5, 0.6) is 0 Å². The standard InChI is InChI=1S/C4H10O4Si/c1-7-9-8-3-2-4(5)6/h2-3,9H2,1H3,(H,5,6). The molecule has 5 heteroatoms. The number of carbonyl (C=O) groups is 1. The molecule has 54 valence electrons. The fourth-order valence-electron chi connectivity index (χ4n) is 0.302. The van der Waals surface area contributed by atoms with Gasteiger partial charge in [-0.25, -0.2) is 0 Å². The molecule has 0 bridgehead atoms. The van der Waals surface area contributed by atoms with E-state index >= 15 is 0 Å². The molecule has 0 spiro atoms. The predicted octanol–water partition coefficient (Wildman–Crippen LogP) is -0.877. The largest absolute Gasteiger partial charge is 0.481 e. The summed E-state index contributed by atoms with van der Waals surface area (Å²) in [5.41, 5.74) is 0. The normalized spacial score (nSPS) is 10.8. The van der Waals surface area contributed by atoms with Gasteiger partial charge in [0.05, 0.1) is 6.42 Å². The van der Waals surface area contributed by atoms with Crippen molar-refractivity contribution in [1.29, 1.82) is 0 Å². The Hall–Kier alpha value is -0.393. The van der Waals surface area contributed by atoms with Crippen LogP contribution in [0.25, 0.3) is 0 Å². The summed E-state index contributed by atoms with van der Waals surface area (Å²) < 4.78 is 9.48. The SMILES string of the molecule is CO[SiH2]OCCC(=O)O. The molecule has 9 heavy (non-hydrogen) atoms. The minimum atomic E-state index is -0.885. The van der Waals surface area contributed by atoms with Crippen LogP contribution < -0.4 is 0 Å². The first-order valence-electron chi connectivity index (χ1n) is 2.56. The van der Waals surface area contributed by atoms with Crippen LogP contribution in [0.3, 0.4) is 0 Å². The van der Waals surface area contributed by atoms with Crippen molar-refractivity contribution in [3.05, 3.63) is 0 Å². The van der Waals surface area contributed by atoms with Gasteiger partial charge in [0.15, 0.2) is 0 Å². The molecule has 0 aromatic carbocycles. The molecule has 0 saturated carbocycles. The average molecular weight is 150 g/mol. The van der Waals surface area contributed by atoms with Gasteiger partial charge >= 0.3 is 16.0 Å². The fourth-order valence-corrected chi connectivity index (χ4v) is 0.731. The highest BCUT2D eigenvalue weighted by Gasteiger charge is 1.94. The van der Waals surface area contributed by atoms with Crippen LogP contribution in [-0.2, 0) is 13.6 Å². The van der Waals surface area contributed by atoms with E-state index < -0.39 is 16.0 Å². The summed E-state index contributed by atoms with van der Waals surface area (Å²) in [4.78, 5) is 9.86. The van der Waals surface area contributed by atoms with Crippen molar-refractivity contribution in [1.82, 2.24) is 0 Å². The van der Waals surface area contributed by atoms with Crippen LogP contribution in [0.2, 0.25) is 0 Å². The van der Waals surface area contributed by atoms with Crippen molar-refractivity contribution in [2.45, 2.75) is 6.42 Å². The van der Waals surface area contributed by atoms with Gasteiger partial charge in [-0.05, 0) is 0 Å². The highest BCUT2D eigenvalue weighted by molar-refractivity contribution is 6.17. The topological polar surface area (TPSA) is 55.8 Å². The van der Waals surface area contributed by atoms with Crippen LogP contribution in [0, 0.1) is 0 Å². The molecule has 0 rings (SSSR count). The predicted molar refractivity (Wildman–Crippen MR) is 33.8 cm³/mol. The Morgan fingerprint density at radius 2 is 2.44 bits per heavy atom. The van der Waals surface area contributed by atoms with E-state index in [1.54, 1.807) is 7.11 Å². The maximum Gasteiger partial charge on any atom is 0.305 e. The molecule has 0 fully saturated rings. The molecule has 0 aromatic rings. The van der Waals surface area contributed by atoms with Crippen LogP contribution in [0.15, 0.2) is 0 Å². The number of carboxylic acid groups (broad SMARTS) is 1. The Morgan fingerprint density at radius 3 is 2.89 bits per heavy atom. The second-order valence-corrected chi connectivity index (χ2v) is 2.68. The summed E-state index contributed by atoms with van der Waals surface area (Å²) in [5, 5.41) is 8.11. The molecule has 0 amide bonds. The quantitative estimate of drug-likeness (QED) is 0.408.